The number of para-hydroxylation sites is 1. The molecule has 0 aliphatic rings. The molecule has 0 spiro atoms. The van der Waals surface area contributed by atoms with Crippen LogP contribution in [0.25, 0.3) is 0 Å². The van der Waals surface area contributed by atoms with Crippen molar-refractivity contribution >= 4 is 29.2 Å². The summed E-state index contributed by atoms with van der Waals surface area (Å²) in [5, 5.41) is 21.7. The third-order valence-corrected chi connectivity index (χ3v) is 5.86. The van der Waals surface area contributed by atoms with Gasteiger partial charge in [0.25, 0.3) is 5.91 Å². The Balaban J connectivity index is 1.29. The molecule has 218 valence electrons. The zero-order chi connectivity index (χ0) is 30.6. The van der Waals surface area contributed by atoms with E-state index in [4.69, 9.17) is 25.5 Å². The van der Waals surface area contributed by atoms with E-state index in [9.17, 15) is 24.6 Å². The van der Waals surface area contributed by atoms with Crippen molar-refractivity contribution in [3.63, 3.8) is 0 Å². The summed E-state index contributed by atoms with van der Waals surface area (Å²) < 4.78 is 16.0. The van der Waals surface area contributed by atoms with Crippen molar-refractivity contribution in [1.82, 2.24) is 0 Å². The molecule has 0 aliphatic carbocycles. The number of carboxylic acid groups (broad SMARTS) is 2. The minimum atomic E-state index is -1.31. The molecule has 4 aromatic carbocycles. The summed E-state index contributed by atoms with van der Waals surface area (Å²) in [6, 6.07) is 24.3. The zero-order valence-corrected chi connectivity index (χ0v) is 22.6. The average molecular weight is 583 g/mol. The van der Waals surface area contributed by atoms with Gasteiger partial charge in [0.05, 0.1) is 29.0 Å². The molecule has 11 nitrogen and oxygen atoms in total. The van der Waals surface area contributed by atoms with Gasteiger partial charge in [0.2, 0.25) is 0 Å². The number of amides is 1. The Morgan fingerprint density at radius 1 is 0.721 bits per heavy atom. The Hall–Kier alpha value is -5.99. The quantitative estimate of drug-likeness (QED) is 0.0875. The number of carbonyl (C=O) groups is 3. The summed E-state index contributed by atoms with van der Waals surface area (Å²) in [5.74, 6) is -1.91. The van der Waals surface area contributed by atoms with Crippen LogP contribution >= 0.6 is 0 Å². The molecule has 0 radical (unpaired) electrons. The lowest BCUT2D eigenvalue weighted by Crippen LogP contribution is -2.16. The largest absolute Gasteiger partial charge is 0.490 e. The molecule has 0 aliphatic heterocycles. The van der Waals surface area contributed by atoms with Gasteiger partial charge < -0.3 is 29.7 Å². The lowest BCUT2D eigenvalue weighted by Gasteiger charge is -2.13. The molecular weight excluding hydrogens is 556 g/mol. The summed E-state index contributed by atoms with van der Waals surface area (Å²) in [6.07, 6.45) is 7.02. The molecular formula is C32H26N2O9. The van der Waals surface area contributed by atoms with Crippen LogP contribution in [0.3, 0.4) is 0 Å². The number of carbonyl (C=O) groups excluding carboxylic acids is 1. The summed E-state index contributed by atoms with van der Waals surface area (Å²) in [5.41, 5.74) is 3.63. The van der Waals surface area contributed by atoms with Crippen molar-refractivity contribution in [3.05, 3.63) is 113 Å². The number of nitrogens with one attached hydrogen (secondary N) is 2. The zero-order valence-electron chi connectivity index (χ0n) is 22.6. The number of benzene rings is 4. The van der Waals surface area contributed by atoms with Crippen LogP contribution in [-0.4, -0.2) is 41.3 Å². The van der Waals surface area contributed by atoms with E-state index in [1.54, 1.807) is 30.3 Å². The van der Waals surface area contributed by atoms with E-state index < -0.39 is 17.8 Å². The van der Waals surface area contributed by atoms with Crippen molar-refractivity contribution in [2.75, 3.05) is 24.0 Å². The number of aromatic carboxylic acids is 2. The highest BCUT2D eigenvalue weighted by Crippen LogP contribution is 2.24. The molecule has 11 heteroatoms. The first-order chi connectivity index (χ1) is 20.8. The third-order valence-electron chi connectivity index (χ3n) is 5.86. The molecule has 0 saturated carbocycles. The number of terminal acetylenes is 1. The van der Waals surface area contributed by atoms with Crippen molar-refractivity contribution in [2.45, 2.75) is 6.61 Å². The molecule has 4 aromatic rings. The van der Waals surface area contributed by atoms with E-state index in [1.807, 2.05) is 36.4 Å². The number of anilines is 2. The second-order valence-corrected chi connectivity index (χ2v) is 8.80. The van der Waals surface area contributed by atoms with Crippen LogP contribution in [0.5, 0.6) is 17.2 Å². The molecule has 0 saturated heterocycles. The Morgan fingerprint density at radius 3 is 2.05 bits per heavy atom. The van der Waals surface area contributed by atoms with Crippen molar-refractivity contribution < 1.29 is 43.6 Å². The van der Waals surface area contributed by atoms with Gasteiger partial charge in [-0.1, -0.05) is 36.8 Å². The molecule has 0 fully saturated rings. The normalized spacial score (nSPS) is 10.2. The number of hydrogen-bond donors (Lipinski definition) is 4. The fourth-order valence-corrected chi connectivity index (χ4v) is 3.82. The van der Waals surface area contributed by atoms with Gasteiger partial charge in [-0.25, -0.2) is 9.59 Å². The van der Waals surface area contributed by atoms with E-state index in [1.165, 1.54) is 30.3 Å². The fourth-order valence-electron chi connectivity index (χ4n) is 3.82. The van der Waals surface area contributed by atoms with Crippen molar-refractivity contribution in [3.8, 4) is 29.8 Å². The molecule has 4 N–H and O–H groups in total. The first-order valence-electron chi connectivity index (χ1n) is 12.8. The van der Waals surface area contributed by atoms with E-state index in [0.29, 0.717) is 22.7 Å². The molecule has 0 bridgehead atoms. The van der Waals surface area contributed by atoms with Crippen LogP contribution in [0.4, 0.5) is 11.4 Å². The highest BCUT2D eigenvalue weighted by Gasteiger charge is 2.18. The molecule has 0 atom stereocenters. The topological polar surface area (TPSA) is 153 Å². The van der Waals surface area contributed by atoms with Gasteiger partial charge >= 0.3 is 11.9 Å². The summed E-state index contributed by atoms with van der Waals surface area (Å²) >= 11 is 0. The van der Waals surface area contributed by atoms with Crippen LogP contribution in [0, 0.1) is 12.5 Å². The van der Waals surface area contributed by atoms with Crippen LogP contribution in [0.2, 0.25) is 0 Å². The predicted octanol–water partition coefficient (Wildman–Crippen LogP) is 5.31. The molecule has 0 unspecified atom stereocenters. The molecule has 0 heterocycles. The van der Waals surface area contributed by atoms with Crippen LogP contribution in [0.15, 0.2) is 91.0 Å². The molecule has 43 heavy (non-hydrogen) atoms. The van der Waals surface area contributed by atoms with E-state index >= 15 is 0 Å². The van der Waals surface area contributed by atoms with Gasteiger partial charge in [0, 0.05) is 5.69 Å². The van der Waals surface area contributed by atoms with Gasteiger partial charge in [-0.05, 0) is 66.2 Å². The van der Waals surface area contributed by atoms with E-state index in [2.05, 4.69) is 10.8 Å². The Labute approximate surface area is 246 Å². The van der Waals surface area contributed by atoms with Gasteiger partial charge in [-0.15, -0.1) is 0 Å². The van der Waals surface area contributed by atoms with Crippen molar-refractivity contribution in [2.24, 2.45) is 0 Å². The van der Waals surface area contributed by atoms with E-state index in [-0.39, 0.29) is 47.9 Å². The van der Waals surface area contributed by atoms with E-state index in [0.717, 1.165) is 0 Å². The predicted molar refractivity (Wildman–Crippen MR) is 157 cm³/mol. The lowest BCUT2D eigenvalue weighted by atomic mass is 10.1. The maximum atomic E-state index is 12.7. The van der Waals surface area contributed by atoms with Gasteiger partial charge in [-0.2, -0.15) is 0 Å². The molecule has 0 aromatic heterocycles. The van der Waals surface area contributed by atoms with Crippen LogP contribution in [0.1, 0.15) is 36.6 Å². The first kappa shape index (κ1) is 30.0. The monoisotopic (exact) mass is 582 g/mol. The number of hydrogen-bond acceptors (Lipinski definition) is 8. The minimum Gasteiger partial charge on any atom is -0.490 e. The highest BCUT2D eigenvalue weighted by molar-refractivity contribution is 6.10. The smallest absolute Gasteiger partial charge is 0.338 e. The Bertz CT molecular complexity index is 1630. The summed E-state index contributed by atoms with van der Waals surface area (Å²) in [4.78, 5) is 41.6. The highest BCUT2D eigenvalue weighted by atomic mass is 16.6. The van der Waals surface area contributed by atoms with Crippen LogP contribution in [-0.2, 0) is 11.4 Å². The number of rotatable bonds is 14. The number of ether oxygens (including phenoxy) is 3. The third kappa shape index (κ3) is 8.50. The minimum absolute atomic E-state index is 0.0425. The van der Waals surface area contributed by atoms with Gasteiger partial charge in [-0.3, -0.25) is 15.1 Å². The molecule has 4 rings (SSSR count). The fraction of sp³-hybridized carbons (Fsp3) is 0.0938. The number of carboxylic acids is 2. The first-order valence-corrected chi connectivity index (χ1v) is 12.8. The Morgan fingerprint density at radius 2 is 1.37 bits per heavy atom. The average Bonchev–Trinajstić information content (AvgIpc) is 3.01. The second kappa shape index (κ2) is 14.6. The summed E-state index contributed by atoms with van der Waals surface area (Å²) in [7, 11) is 0. The molecule has 1 amide bonds. The van der Waals surface area contributed by atoms with Gasteiger partial charge in [0.1, 0.15) is 36.6 Å². The maximum Gasteiger partial charge on any atom is 0.338 e. The SMILES string of the molecule is C#COc1ccc(C(=O)Nc2ccc(CONc3ccc(OCCOc4ccccc4)cc3C(=O)O)cc2)c(C(=O)O)c1. The maximum absolute atomic E-state index is 12.7. The van der Waals surface area contributed by atoms with Crippen molar-refractivity contribution in [1.29, 1.82) is 0 Å². The lowest BCUT2D eigenvalue weighted by molar-refractivity contribution is 0.0684. The standard InChI is InChI=1S/C32H26N2O9/c1-2-40-24-12-14-26(27(18-24)31(36)37)30(35)33-22-10-8-21(9-11-22)20-43-34-29-15-13-25(19-28(29)32(38)39)42-17-16-41-23-6-4-3-5-7-23/h1,3-15,18-19,34H,16-17,20H2,(H,33,35)(H,36,37)(H,38,39). The summed E-state index contributed by atoms with van der Waals surface area (Å²) in [6.45, 7) is 0.585. The van der Waals surface area contributed by atoms with Gasteiger partial charge in [0.15, 0.2) is 0 Å². The van der Waals surface area contributed by atoms with Crippen LogP contribution < -0.4 is 25.0 Å². The Kier molecular flexibility index (Phi) is 10.2. The second-order valence-electron chi connectivity index (χ2n) is 8.80.